The molecule has 0 amide bonds. The first-order chi connectivity index (χ1) is 10.2. The highest BCUT2D eigenvalue weighted by atomic mass is 19.1. The Hall–Kier alpha value is -1.73. The van der Waals surface area contributed by atoms with E-state index < -0.39 is 30.0 Å². The van der Waals surface area contributed by atoms with Gasteiger partial charge in [0.25, 0.3) is 0 Å². The highest BCUT2D eigenvalue weighted by Gasteiger charge is 2.52. The fraction of sp³-hybridized carbons (Fsp3) is 0.400. The smallest absolute Gasteiger partial charge is 0.399 e. The summed E-state index contributed by atoms with van der Waals surface area (Å²) >= 11 is 0. The molecule has 0 atom stereocenters. The number of aromatic nitrogens is 2. The normalized spacial score (nSPS) is 19.6. The van der Waals surface area contributed by atoms with Crippen molar-refractivity contribution < 1.29 is 18.1 Å². The third-order valence-corrected chi connectivity index (χ3v) is 4.28. The van der Waals surface area contributed by atoms with Gasteiger partial charge < -0.3 is 9.31 Å². The summed E-state index contributed by atoms with van der Waals surface area (Å²) in [5.41, 5.74) is -0.238. The van der Waals surface area contributed by atoms with Crippen LogP contribution in [0, 0.1) is 11.6 Å². The molecule has 116 valence electrons. The molecule has 0 unspecified atom stereocenters. The van der Waals surface area contributed by atoms with E-state index in [0.29, 0.717) is 5.46 Å². The average molecular weight is 306 g/mol. The molecule has 1 fully saturated rings. The molecule has 4 nitrogen and oxygen atoms in total. The van der Waals surface area contributed by atoms with E-state index in [9.17, 15) is 8.78 Å². The van der Waals surface area contributed by atoms with Crippen molar-refractivity contribution in [2.75, 3.05) is 0 Å². The molecule has 1 aliphatic rings. The van der Waals surface area contributed by atoms with Gasteiger partial charge in [0.2, 0.25) is 0 Å². The molecule has 0 saturated carbocycles. The summed E-state index contributed by atoms with van der Waals surface area (Å²) in [7, 11) is -0.588. The first-order valence-electron chi connectivity index (χ1n) is 7.05. The van der Waals surface area contributed by atoms with Crippen LogP contribution >= 0.6 is 0 Å². The monoisotopic (exact) mass is 306 g/mol. The lowest BCUT2D eigenvalue weighted by Gasteiger charge is -2.32. The molecule has 2 heterocycles. The number of halogens is 2. The van der Waals surface area contributed by atoms with E-state index in [-0.39, 0.29) is 5.69 Å². The Morgan fingerprint density at radius 1 is 1.09 bits per heavy atom. The van der Waals surface area contributed by atoms with Crippen LogP contribution in [0.15, 0.2) is 30.6 Å². The van der Waals surface area contributed by atoms with Crippen molar-refractivity contribution in [3.8, 4) is 5.69 Å². The molecule has 0 N–H and O–H groups in total. The number of hydrogen-bond acceptors (Lipinski definition) is 3. The number of rotatable bonds is 2. The van der Waals surface area contributed by atoms with E-state index >= 15 is 0 Å². The van der Waals surface area contributed by atoms with Gasteiger partial charge in [-0.2, -0.15) is 5.10 Å². The van der Waals surface area contributed by atoms with Gasteiger partial charge in [-0.15, -0.1) is 0 Å². The van der Waals surface area contributed by atoms with Crippen molar-refractivity contribution in [3.63, 3.8) is 0 Å². The molecule has 7 heteroatoms. The summed E-state index contributed by atoms with van der Waals surface area (Å²) < 4.78 is 40.2. The van der Waals surface area contributed by atoms with E-state index in [4.69, 9.17) is 9.31 Å². The minimum Gasteiger partial charge on any atom is -0.399 e. The molecular formula is C15H17BF2N2O2. The van der Waals surface area contributed by atoms with Gasteiger partial charge in [0.05, 0.1) is 11.2 Å². The SMILES string of the molecule is CC1(C)OB(c2cnn(-c3cc(F)ccc3F)c2)OC1(C)C. The standard InChI is InChI=1S/C15H17BF2N2O2/c1-14(2)15(3,4)22-16(21-14)10-8-19-20(9-10)13-7-11(17)5-6-12(13)18/h5-9H,1-4H3. The summed E-state index contributed by atoms with van der Waals surface area (Å²) in [5, 5.41) is 4.08. The zero-order valence-electron chi connectivity index (χ0n) is 12.9. The molecule has 1 aromatic carbocycles. The molecule has 1 saturated heterocycles. The Morgan fingerprint density at radius 3 is 2.36 bits per heavy atom. The summed E-state index contributed by atoms with van der Waals surface area (Å²) in [6.45, 7) is 7.79. The van der Waals surface area contributed by atoms with Crippen LogP contribution in [0.4, 0.5) is 8.78 Å². The fourth-order valence-corrected chi connectivity index (χ4v) is 2.23. The molecular weight excluding hydrogens is 289 g/mol. The van der Waals surface area contributed by atoms with E-state index in [1.165, 1.54) is 10.9 Å². The van der Waals surface area contributed by atoms with Crippen molar-refractivity contribution >= 4 is 12.6 Å². The number of hydrogen-bond donors (Lipinski definition) is 0. The molecule has 1 aromatic heterocycles. The van der Waals surface area contributed by atoms with Crippen LogP contribution in [-0.4, -0.2) is 28.1 Å². The van der Waals surface area contributed by atoms with E-state index in [1.807, 2.05) is 27.7 Å². The third kappa shape index (κ3) is 2.44. The van der Waals surface area contributed by atoms with Gasteiger partial charge in [-0.3, -0.25) is 0 Å². The van der Waals surface area contributed by atoms with Crippen LogP contribution in [0.3, 0.4) is 0 Å². The van der Waals surface area contributed by atoms with Crippen LogP contribution < -0.4 is 5.46 Å². The largest absolute Gasteiger partial charge is 0.498 e. The Bertz CT molecular complexity index is 699. The minimum absolute atomic E-state index is 0.0442. The second-order valence-corrected chi connectivity index (χ2v) is 6.40. The molecule has 2 aromatic rings. The van der Waals surface area contributed by atoms with E-state index in [0.717, 1.165) is 18.2 Å². The second kappa shape index (κ2) is 4.89. The van der Waals surface area contributed by atoms with Gasteiger partial charge >= 0.3 is 7.12 Å². The Balaban J connectivity index is 1.91. The lowest BCUT2D eigenvalue weighted by molar-refractivity contribution is 0.00578. The van der Waals surface area contributed by atoms with Crippen LogP contribution in [0.2, 0.25) is 0 Å². The van der Waals surface area contributed by atoms with Crippen molar-refractivity contribution in [3.05, 3.63) is 42.2 Å². The van der Waals surface area contributed by atoms with Crippen LogP contribution in [0.1, 0.15) is 27.7 Å². The molecule has 1 aliphatic heterocycles. The Morgan fingerprint density at radius 2 is 1.73 bits per heavy atom. The van der Waals surface area contributed by atoms with Crippen molar-refractivity contribution in [1.29, 1.82) is 0 Å². The maximum atomic E-state index is 13.8. The van der Waals surface area contributed by atoms with Crippen LogP contribution in [0.5, 0.6) is 0 Å². The van der Waals surface area contributed by atoms with Crippen molar-refractivity contribution in [2.24, 2.45) is 0 Å². The predicted octanol–water partition coefficient (Wildman–Crippen LogP) is 2.45. The second-order valence-electron chi connectivity index (χ2n) is 6.40. The molecule has 3 rings (SSSR count). The van der Waals surface area contributed by atoms with Gasteiger partial charge in [-0.1, -0.05) is 0 Å². The molecule has 0 radical (unpaired) electrons. The quantitative estimate of drug-likeness (QED) is 0.800. The van der Waals surface area contributed by atoms with Gasteiger partial charge in [0.15, 0.2) is 0 Å². The molecule has 0 aliphatic carbocycles. The number of benzene rings is 1. The maximum absolute atomic E-state index is 13.8. The predicted molar refractivity (Wildman–Crippen MR) is 79.2 cm³/mol. The summed E-state index contributed by atoms with van der Waals surface area (Å²) in [5.74, 6) is -1.07. The van der Waals surface area contributed by atoms with E-state index in [1.54, 1.807) is 6.20 Å². The third-order valence-electron chi connectivity index (χ3n) is 4.28. The highest BCUT2D eigenvalue weighted by Crippen LogP contribution is 2.36. The van der Waals surface area contributed by atoms with Gasteiger partial charge in [-0.05, 0) is 39.8 Å². The Kier molecular flexibility index (Phi) is 3.38. The molecule has 0 bridgehead atoms. The number of nitrogens with zero attached hydrogens (tertiary/aromatic N) is 2. The van der Waals surface area contributed by atoms with Gasteiger partial charge in [0, 0.05) is 23.9 Å². The fourth-order valence-electron chi connectivity index (χ4n) is 2.23. The summed E-state index contributed by atoms with van der Waals surface area (Å²) in [6.07, 6.45) is 3.12. The zero-order chi connectivity index (χ0) is 16.1. The van der Waals surface area contributed by atoms with Crippen molar-refractivity contribution in [1.82, 2.24) is 9.78 Å². The molecule has 22 heavy (non-hydrogen) atoms. The lowest BCUT2D eigenvalue weighted by atomic mass is 9.82. The van der Waals surface area contributed by atoms with Crippen LogP contribution in [-0.2, 0) is 9.31 Å². The van der Waals surface area contributed by atoms with Gasteiger partial charge in [-0.25, -0.2) is 13.5 Å². The highest BCUT2D eigenvalue weighted by molar-refractivity contribution is 6.62. The summed E-state index contributed by atoms with van der Waals surface area (Å²) in [6, 6.07) is 3.23. The van der Waals surface area contributed by atoms with E-state index in [2.05, 4.69) is 5.10 Å². The van der Waals surface area contributed by atoms with Crippen LogP contribution in [0.25, 0.3) is 5.69 Å². The topological polar surface area (TPSA) is 36.3 Å². The lowest BCUT2D eigenvalue weighted by Crippen LogP contribution is -2.41. The zero-order valence-corrected chi connectivity index (χ0v) is 12.9. The van der Waals surface area contributed by atoms with Crippen molar-refractivity contribution in [2.45, 2.75) is 38.9 Å². The summed E-state index contributed by atoms with van der Waals surface area (Å²) in [4.78, 5) is 0. The first-order valence-corrected chi connectivity index (χ1v) is 7.05. The first kappa shape index (κ1) is 15.2. The Labute approximate surface area is 128 Å². The maximum Gasteiger partial charge on any atom is 0.498 e. The minimum atomic E-state index is -0.588. The molecule has 0 spiro atoms. The average Bonchev–Trinajstić information content (AvgIpc) is 2.96. The van der Waals surface area contributed by atoms with Gasteiger partial charge in [0.1, 0.15) is 17.3 Å².